The van der Waals surface area contributed by atoms with Gasteiger partial charge in [-0.15, -0.1) is 0 Å². The molecule has 1 aromatic rings. The summed E-state index contributed by atoms with van der Waals surface area (Å²) in [4.78, 5) is 28.9. The molecule has 3 rings (SSSR count). The molecule has 1 aromatic heterocycles. The third kappa shape index (κ3) is 1.47. The molecule has 2 aliphatic rings. The number of allylic oxidation sites excluding steroid dienone is 2. The van der Waals surface area contributed by atoms with E-state index in [9.17, 15) is 9.59 Å². The van der Waals surface area contributed by atoms with Crippen LogP contribution in [-0.4, -0.2) is 16.6 Å². The summed E-state index contributed by atoms with van der Waals surface area (Å²) in [6, 6.07) is 3.44. The van der Waals surface area contributed by atoms with Crippen LogP contribution < -0.4 is 0 Å². The van der Waals surface area contributed by atoms with Gasteiger partial charge in [0.15, 0.2) is 11.6 Å². The van der Waals surface area contributed by atoms with Gasteiger partial charge in [0, 0.05) is 23.6 Å². The summed E-state index contributed by atoms with van der Waals surface area (Å²) in [7, 11) is 0. The van der Waals surface area contributed by atoms with Crippen molar-refractivity contribution < 1.29 is 9.59 Å². The van der Waals surface area contributed by atoms with E-state index in [2.05, 4.69) is 18.8 Å². The second kappa shape index (κ2) is 3.87. The van der Waals surface area contributed by atoms with E-state index in [1.807, 2.05) is 0 Å². The van der Waals surface area contributed by atoms with Gasteiger partial charge in [-0.05, 0) is 38.8 Å². The fraction of sp³-hybridized carbons (Fsp3) is 0.400. The van der Waals surface area contributed by atoms with Gasteiger partial charge in [0.1, 0.15) is 5.69 Å². The molecule has 2 unspecified atom stereocenters. The van der Waals surface area contributed by atoms with E-state index in [0.29, 0.717) is 17.7 Å². The quantitative estimate of drug-likeness (QED) is 0.656. The average molecular weight is 241 g/mol. The molecule has 0 spiro atoms. The lowest BCUT2D eigenvalue weighted by Crippen LogP contribution is -2.39. The van der Waals surface area contributed by atoms with E-state index in [4.69, 9.17) is 0 Å². The maximum Gasteiger partial charge on any atom is 0.186 e. The Balaban J connectivity index is 2.12. The Morgan fingerprint density at radius 3 is 2.33 bits per heavy atom. The predicted octanol–water partition coefficient (Wildman–Crippen LogP) is 2.82. The SMILES string of the molecule is CC1=C(C)CC2C(=O)c3ncccc3C(=O)C2C1. The van der Waals surface area contributed by atoms with Crippen LogP contribution in [0, 0.1) is 11.8 Å². The van der Waals surface area contributed by atoms with Crippen molar-refractivity contribution in [2.75, 3.05) is 0 Å². The zero-order valence-electron chi connectivity index (χ0n) is 10.6. The van der Waals surface area contributed by atoms with Crippen LogP contribution >= 0.6 is 0 Å². The van der Waals surface area contributed by atoms with Crippen molar-refractivity contribution >= 4 is 11.6 Å². The number of pyridine rings is 1. The second-order valence-electron chi connectivity index (χ2n) is 5.31. The monoisotopic (exact) mass is 241 g/mol. The molecule has 0 saturated carbocycles. The maximum atomic E-state index is 12.4. The Morgan fingerprint density at radius 1 is 1.06 bits per heavy atom. The molecule has 92 valence electrons. The Labute approximate surface area is 106 Å². The number of nitrogens with zero attached hydrogens (tertiary/aromatic N) is 1. The number of hydrogen-bond donors (Lipinski definition) is 0. The molecule has 0 saturated heterocycles. The van der Waals surface area contributed by atoms with Crippen molar-refractivity contribution in [2.24, 2.45) is 11.8 Å². The summed E-state index contributed by atoms with van der Waals surface area (Å²) in [5, 5.41) is 0. The minimum Gasteiger partial charge on any atom is -0.294 e. The minimum absolute atomic E-state index is 0.0436. The van der Waals surface area contributed by atoms with Crippen molar-refractivity contribution in [1.82, 2.24) is 4.98 Å². The smallest absolute Gasteiger partial charge is 0.186 e. The van der Waals surface area contributed by atoms with Gasteiger partial charge in [0.2, 0.25) is 0 Å². The van der Waals surface area contributed by atoms with Crippen LogP contribution in [0.1, 0.15) is 47.5 Å². The molecule has 2 aliphatic carbocycles. The summed E-state index contributed by atoms with van der Waals surface area (Å²) in [5.41, 5.74) is 3.38. The Hall–Kier alpha value is -1.77. The summed E-state index contributed by atoms with van der Waals surface area (Å²) in [6.45, 7) is 4.11. The summed E-state index contributed by atoms with van der Waals surface area (Å²) < 4.78 is 0. The maximum absolute atomic E-state index is 12.4. The third-order valence-electron chi connectivity index (χ3n) is 4.25. The first-order valence-electron chi connectivity index (χ1n) is 6.28. The van der Waals surface area contributed by atoms with Crippen LogP contribution in [0.25, 0.3) is 0 Å². The third-order valence-corrected chi connectivity index (χ3v) is 4.25. The van der Waals surface area contributed by atoms with Gasteiger partial charge in [-0.3, -0.25) is 14.6 Å². The molecule has 0 N–H and O–H groups in total. The highest BCUT2D eigenvalue weighted by Gasteiger charge is 2.43. The number of carbonyl (C=O) groups excluding carboxylic acids is 2. The number of hydrogen-bond acceptors (Lipinski definition) is 3. The highest BCUT2D eigenvalue weighted by atomic mass is 16.1. The van der Waals surface area contributed by atoms with Crippen LogP contribution in [0.2, 0.25) is 0 Å². The standard InChI is InChI=1S/C15H15NO2/c1-8-6-11-12(7-9(8)2)15(18)13-10(14(11)17)4-3-5-16-13/h3-5,11-12H,6-7H2,1-2H3. The van der Waals surface area contributed by atoms with E-state index in [0.717, 1.165) is 6.42 Å². The van der Waals surface area contributed by atoms with Crippen molar-refractivity contribution in [3.05, 3.63) is 40.7 Å². The molecule has 18 heavy (non-hydrogen) atoms. The highest BCUT2D eigenvalue weighted by molar-refractivity contribution is 6.15. The number of carbonyl (C=O) groups is 2. The molecule has 0 amide bonds. The van der Waals surface area contributed by atoms with Crippen molar-refractivity contribution in [1.29, 1.82) is 0 Å². The van der Waals surface area contributed by atoms with Gasteiger partial charge in [0.05, 0.1) is 0 Å². The van der Waals surface area contributed by atoms with Crippen molar-refractivity contribution in [3.8, 4) is 0 Å². The molecule has 3 heteroatoms. The first-order valence-corrected chi connectivity index (χ1v) is 6.28. The summed E-state index contributed by atoms with van der Waals surface area (Å²) in [6.07, 6.45) is 3.01. The lowest BCUT2D eigenvalue weighted by molar-refractivity contribution is 0.0716. The molecule has 0 aliphatic heterocycles. The van der Waals surface area contributed by atoms with Crippen molar-refractivity contribution in [2.45, 2.75) is 26.7 Å². The first-order chi connectivity index (χ1) is 8.59. The Morgan fingerprint density at radius 2 is 1.67 bits per heavy atom. The first kappa shape index (κ1) is 11.3. The van der Waals surface area contributed by atoms with Crippen LogP contribution in [0.5, 0.6) is 0 Å². The second-order valence-corrected chi connectivity index (χ2v) is 5.31. The topological polar surface area (TPSA) is 47.0 Å². The lowest BCUT2D eigenvalue weighted by atomic mass is 9.67. The molecule has 0 radical (unpaired) electrons. The predicted molar refractivity (Wildman–Crippen MR) is 67.5 cm³/mol. The largest absolute Gasteiger partial charge is 0.294 e. The molecule has 0 fully saturated rings. The minimum atomic E-state index is -0.191. The van der Waals surface area contributed by atoms with Gasteiger partial charge in [-0.25, -0.2) is 0 Å². The Kier molecular flexibility index (Phi) is 2.44. The fourth-order valence-electron chi connectivity index (χ4n) is 3.02. The number of rotatable bonds is 0. The van der Waals surface area contributed by atoms with E-state index in [-0.39, 0.29) is 23.4 Å². The molecule has 0 aromatic carbocycles. The molecule has 0 bridgehead atoms. The van der Waals surface area contributed by atoms with Gasteiger partial charge in [0.25, 0.3) is 0 Å². The van der Waals surface area contributed by atoms with Gasteiger partial charge >= 0.3 is 0 Å². The van der Waals surface area contributed by atoms with E-state index >= 15 is 0 Å². The number of fused-ring (bicyclic) bond motifs is 2. The van der Waals surface area contributed by atoms with Crippen molar-refractivity contribution in [3.63, 3.8) is 0 Å². The molecule has 2 atom stereocenters. The normalized spacial score (nSPS) is 27.0. The van der Waals surface area contributed by atoms with Gasteiger partial charge < -0.3 is 0 Å². The number of ketones is 2. The fourth-order valence-corrected chi connectivity index (χ4v) is 3.02. The van der Waals surface area contributed by atoms with Crippen LogP contribution in [0.15, 0.2) is 29.5 Å². The number of aromatic nitrogens is 1. The average Bonchev–Trinajstić information content (AvgIpc) is 2.38. The lowest BCUT2D eigenvalue weighted by Gasteiger charge is -2.34. The molecule has 3 nitrogen and oxygen atoms in total. The molecule has 1 heterocycles. The molecular weight excluding hydrogens is 226 g/mol. The van der Waals surface area contributed by atoms with Crippen LogP contribution in [0.3, 0.4) is 0 Å². The summed E-state index contributed by atoms with van der Waals surface area (Å²) >= 11 is 0. The van der Waals surface area contributed by atoms with E-state index in [1.165, 1.54) is 11.1 Å². The molecular formula is C15H15NO2. The van der Waals surface area contributed by atoms with E-state index < -0.39 is 0 Å². The zero-order valence-corrected chi connectivity index (χ0v) is 10.6. The van der Waals surface area contributed by atoms with Crippen LogP contribution in [-0.2, 0) is 0 Å². The number of Topliss-reactive ketones (excluding diaryl/α,β-unsaturated/α-hetero) is 2. The van der Waals surface area contributed by atoms with Gasteiger partial charge in [-0.2, -0.15) is 0 Å². The van der Waals surface area contributed by atoms with E-state index in [1.54, 1.807) is 18.3 Å². The zero-order chi connectivity index (χ0) is 12.9. The Bertz CT molecular complexity index is 535. The highest BCUT2D eigenvalue weighted by Crippen LogP contribution is 2.41. The summed E-state index contributed by atoms with van der Waals surface area (Å²) in [5.74, 6) is -0.224. The van der Waals surface area contributed by atoms with Crippen LogP contribution in [0.4, 0.5) is 0 Å². The van der Waals surface area contributed by atoms with Gasteiger partial charge in [-0.1, -0.05) is 11.1 Å².